The van der Waals surface area contributed by atoms with Gasteiger partial charge in [-0.05, 0) is 19.8 Å². The van der Waals surface area contributed by atoms with E-state index in [4.69, 9.17) is 14.2 Å². The molecule has 0 aromatic heterocycles. The average molecular weight is 322 g/mol. The minimum absolute atomic E-state index is 0.0551. The summed E-state index contributed by atoms with van der Waals surface area (Å²) in [6, 6.07) is 0. The molecule has 2 unspecified atom stereocenters. The van der Waals surface area contributed by atoms with Gasteiger partial charge in [0.25, 0.3) is 0 Å². The van der Waals surface area contributed by atoms with E-state index in [1.807, 2.05) is 6.92 Å². The molecule has 2 aliphatic heterocycles. The van der Waals surface area contributed by atoms with Crippen LogP contribution in [0.15, 0.2) is 0 Å². The summed E-state index contributed by atoms with van der Waals surface area (Å²) in [5, 5.41) is 0. The van der Waals surface area contributed by atoms with Crippen molar-refractivity contribution in [2.75, 3.05) is 47.3 Å². The van der Waals surface area contributed by atoms with Gasteiger partial charge in [0.2, 0.25) is 0 Å². The van der Waals surface area contributed by atoms with Crippen molar-refractivity contribution in [3.63, 3.8) is 0 Å². The predicted octanol–water partition coefficient (Wildman–Crippen LogP) is 1.73. The Kier molecular flexibility index (Phi) is 14.9. The molecule has 132 valence electrons. The number of ketones is 1. The SMILES string of the molecule is C1OCOCO1.CCC(COC)OCC(C)=O.CCC1CO1. The van der Waals surface area contributed by atoms with Crippen LogP contribution in [0.4, 0.5) is 0 Å². The predicted molar refractivity (Wildman–Crippen MR) is 80.5 cm³/mol. The van der Waals surface area contributed by atoms with Crippen LogP contribution in [-0.4, -0.2) is 65.3 Å². The molecule has 7 nitrogen and oxygen atoms in total. The van der Waals surface area contributed by atoms with Crippen LogP contribution >= 0.6 is 0 Å². The molecule has 0 bridgehead atoms. The lowest BCUT2D eigenvalue weighted by molar-refractivity contribution is -0.247. The molecule has 0 saturated carbocycles. The summed E-state index contributed by atoms with van der Waals surface area (Å²) in [5.74, 6) is 0.0551. The number of Topliss-reactive ketones (excluding diaryl/α,β-unsaturated/α-hetero) is 1. The summed E-state index contributed by atoms with van der Waals surface area (Å²) in [6.07, 6.45) is 2.76. The van der Waals surface area contributed by atoms with E-state index < -0.39 is 0 Å². The second-order valence-electron chi connectivity index (χ2n) is 4.83. The maximum Gasteiger partial charge on any atom is 0.155 e. The zero-order valence-electron chi connectivity index (χ0n) is 14.2. The Morgan fingerprint density at radius 3 is 1.95 bits per heavy atom. The number of methoxy groups -OCH3 is 1. The van der Waals surface area contributed by atoms with E-state index in [0.717, 1.165) is 13.0 Å². The highest BCUT2D eigenvalue weighted by molar-refractivity contribution is 5.76. The molecule has 0 amide bonds. The van der Waals surface area contributed by atoms with E-state index in [1.165, 1.54) is 13.3 Å². The second-order valence-corrected chi connectivity index (χ2v) is 4.83. The Hall–Kier alpha value is -0.570. The Morgan fingerprint density at radius 1 is 1.18 bits per heavy atom. The maximum atomic E-state index is 10.5. The lowest BCUT2D eigenvalue weighted by Crippen LogP contribution is -2.21. The van der Waals surface area contributed by atoms with Crippen LogP contribution in [0.1, 0.15) is 33.6 Å². The molecule has 0 aromatic rings. The van der Waals surface area contributed by atoms with Crippen molar-refractivity contribution in [1.82, 2.24) is 0 Å². The summed E-state index contributed by atoms with van der Waals surface area (Å²) < 4.78 is 28.8. The van der Waals surface area contributed by atoms with E-state index in [1.54, 1.807) is 7.11 Å². The number of hydrogen-bond acceptors (Lipinski definition) is 7. The number of epoxide rings is 1. The fraction of sp³-hybridized carbons (Fsp3) is 0.933. The van der Waals surface area contributed by atoms with Crippen LogP contribution in [0.25, 0.3) is 0 Å². The first kappa shape index (κ1) is 21.4. The third-order valence-electron chi connectivity index (χ3n) is 2.69. The van der Waals surface area contributed by atoms with Gasteiger partial charge in [-0.1, -0.05) is 13.8 Å². The van der Waals surface area contributed by atoms with Crippen molar-refractivity contribution in [3.05, 3.63) is 0 Å². The fourth-order valence-electron chi connectivity index (χ4n) is 1.29. The fourth-order valence-corrected chi connectivity index (χ4v) is 1.29. The highest BCUT2D eigenvalue weighted by atomic mass is 16.8. The third-order valence-corrected chi connectivity index (χ3v) is 2.69. The molecule has 0 spiro atoms. The van der Waals surface area contributed by atoms with Crippen LogP contribution in [-0.2, 0) is 33.2 Å². The van der Waals surface area contributed by atoms with Crippen molar-refractivity contribution >= 4 is 5.78 Å². The van der Waals surface area contributed by atoms with Crippen molar-refractivity contribution in [1.29, 1.82) is 0 Å². The van der Waals surface area contributed by atoms with Crippen molar-refractivity contribution in [3.8, 4) is 0 Å². The molecule has 0 N–H and O–H groups in total. The van der Waals surface area contributed by atoms with Crippen molar-refractivity contribution in [2.24, 2.45) is 0 Å². The number of rotatable bonds is 7. The van der Waals surface area contributed by atoms with Gasteiger partial charge in [-0.15, -0.1) is 0 Å². The number of carbonyl (C=O) groups excluding carboxylic acids is 1. The topological polar surface area (TPSA) is 75.8 Å². The first-order valence-electron chi connectivity index (χ1n) is 7.58. The first-order chi connectivity index (χ1) is 10.6. The van der Waals surface area contributed by atoms with Gasteiger partial charge in [0.15, 0.2) is 26.2 Å². The highest BCUT2D eigenvalue weighted by Gasteiger charge is 2.18. The van der Waals surface area contributed by atoms with E-state index >= 15 is 0 Å². The normalized spacial score (nSPS) is 20.8. The molecule has 7 heteroatoms. The minimum atomic E-state index is 0.0551. The average Bonchev–Trinajstić information content (AvgIpc) is 3.38. The molecule has 0 radical (unpaired) electrons. The zero-order chi connectivity index (χ0) is 16.6. The lowest BCUT2D eigenvalue weighted by atomic mass is 10.3. The summed E-state index contributed by atoms with van der Waals surface area (Å²) in [7, 11) is 1.62. The maximum absolute atomic E-state index is 10.5. The van der Waals surface area contributed by atoms with Crippen LogP contribution < -0.4 is 0 Å². The molecule has 0 aliphatic carbocycles. The van der Waals surface area contributed by atoms with E-state index in [0.29, 0.717) is 33.1 Å². The smallest absolute Gasteiger partial charge is 0.155 e. The van der Waals surface area contributed by atoms with Crippen LogP contribution in [0, 0.1) is 0 Å². The minimum Gasteiger partial charge on any atom is -0.382 e. The molecular formula is C15H30O7. The summed E-state index contributed by atoms with van der Waals surface area (Å²) in [5.41, 5.74) is 0. The Bertz CT molecular complexity index is 241. The van der Waals surface area contributed by atoms with Gasteiger partial charge in [-0.2, -0.15) is 0 Å². The van der Waals surface area contributed by atoms with Gasteiger partial charge < -0.3 is 28.4 Å². The van der Waals surface area contributed by atoms with Crippen molar-refractivity contribution in [2.45, 2.75) is 45.8 Å². The monoisotopic (exact) mass is 322 g/mol. The number of carbonyl (C=O) groups is 1. The van der Waals surface area contributed by atoms with Gasteiger partial charge in [0, 0.05) is 7.11 Å². The van der Waals surface area contributed by atoms with Crippen LogP contribution in [0.2, 0.25) is 0 Å². The van der Waals surface area contributed by atoms with Gasteiger partial charge in [-0.25, -0.2) is 0 Å². The molecule has 2 rings (SSSR count). The largest absolute Gasteiger partial charge is 0.382 e. The van der Waals surface area contributed by atoms with Crippen LogP contribution in [0.3, 0.4) is 0 Å². The zero-order valence-corrected chi connectivity index (χ0v) is 14.2. The lowest BCUT2D eigenvalue weighted by Gasteiger charge is -2.13. The van der Waals surface area contributed by atoms with Gasteiger partial charge in [-0.3, -0.25) is 4.79 Å². The van der Waals surface area contributed by atoms with Crippen LogP contribution in [0.5, 0.6) is 0 Å². The molecule has 2 fully saturated rings. The summed E-state index contributed by atoms with van der Waals surface area (Å²) in [4.78, 5) is 10.5. The number of hydrogen-bond donors (Lipinski definition) is 0. The molecule has 2 atom stereocenters. The molecule has 2 heterocycles. The standard InChI is InChI=1S/C8H16O3.C4H8O.C3H6O3/c1-4-8(6-10-3)11-5-7(2)9;1-2-4-3-5-4;1-4-2-6-3-5-1/h8H,4-6H2,1-3H3;4H,2-3H2,1H3;1-3H2. The van der Waals surface area contributed by atoms with E-state index in [-0.39, 0.29) is 18.5 Å². The second kappa shape index (κ2) is 15.3. The molecule has 2 saturated heterocycles. The van der Waals surface area contributed by atoms with Gasteiger partial charge >= 0.3 is 0 Å². The van der Waals surface area contributed by atoms with Gasteiger partial charge in [0.1, 0.15) is 6.61 Å². The third kappa shape index (κ3) is 15.8. The quantitative estimate of drug-likeness (QED) is 0.661. The summed E-state index contributed by atoms with van der Waals surface area (Å²) in [6.45, 7) is 8.54. The molecule has 0 aromatic carbocycles. The van der Waals surface area contributed by atoms with E-state index in [9.17, 15) is 4.79 Å². The first-order valence-corrected chi connectivity index (χ1v) is 7.58. The Morgan fingerprint density at radius 2 is 1.73 bits per heavy atom. The summed E-state index contributed by atoms with van der Waals surface area (Å²) >= 11 is 0. The Labute approximate surface area is 133 Å². The Balaban J connectivity index is 0.000000331. The molecule has 2 aliphatic rings. The van der Waals surface area contributed by atoms with Gasteiger partial charge in [0.05, 0.1) is 25.4 Å². The van der Waals surface area contributed by atoms with Crippen molar-refractivity contribution < 1.29 is 33.2 Å². The van der Waals surface area contributed by atoms with E-state index in [2.05, 4.69) is 21.1 Å². The number of ether oxygens (including phenoxy) is 6. The molecule has 22 heavy (non-hydrogen) atoms. The highest BCUT2D eigenvalue weighted by Crippen LogP contribution is 2.10. The molecular weight excluding hydrogens is 292 g/mol.